The number of nitrogen functional groups attached to an aromatic ring is 1. The lowest BCUT2D eigenvalue weighted by molar-refractivity contribution is -0.165. The first-order valence-corrected chi connectivity index (χ1v) is 15.5. The van der Waals surface area contributed by atoms with Crippen LogP contribution < -0.4 is 17.0 Å². The maximum atomic E-state index is 13.5. The second-order valence-corrected chi connectivity index (χ2v) is 13.1. The van der Waals surface area contributed by atoms with Crippen molar-refractivity contribution in [1.82, 2.24) is 19.5 Å². The zero-order chi connectivity index (χ0) is 31.1. The summed E-state index contributed by atoms with van der Waals surface area (Å²) in [5, 5.41) is 12.2. The number of aromatic nitrogens is 4. The molecule has 0 amide bonds. The van der Waals surface area contributed by atoms with Gasteiger partial charge in [0, 0.05) is 11.4 Å². The predicted octanol–water partition coefficient (Wildman–Crippen LogP) is 2.07. The van der Waals surface area contributed by atoms with Gasteiger partial charge in [0.05, 0.1) is 32.2 Å². The van der Waals surface area contributed by atoms with E-state index in [1.165, 1.54) is 17.8 Å². The number of aliphatic hydroxyl groups is 1. The van der Waals surface area contributed by atoms with Crippen LogP contribution in [-0.2, 0) is 38.9 Å². The molecule has 7 atom stereocenters. The number of phosphoric acid groups is 1. The van der Waals surface area contributed by atoms with Crippen molar-refractivity contribution in [3.8, 4) is 0 Å². The van der Waals surface area contributed by atoms with E-state index in [4.69, 9.17) is 46.1 Å². The third-order valence-corrected chi connectivity index (χ3v) is 9.21. The lowest BCUT2D eigenvalue weighted by Gasteiger charge is -2.32. The van der Waals surface area contributed by atoms with E-state index in [0.29, 0.717) is 17.0 Å². The lowest BCUT2D eigenvalue weighted by Crippen LogP contribution is -2.51. The Balaban J connectivity index is 1.37. The Morgan fingerprint density at radius 3 is 2.88 bits per heavy atom. The molecule has 6 N–H and O–H groups in total. The van der Waals surface area contributed by atoms with Gasteiger partial charge in [-0.2, -0.15) is 4.98 Å². The number of anilines is 1. The molecule has 2 aromatic heterocycles. The number of benzene rings is 1. The molecule has 15 nitrogen and oxygen atoms in total. The van der Waals surface area contributed by atoms with E-state index >= 15 is 0 Å². The van der Waals surface area contributed by atoms with Crippen LogP contribution in [0.5, 0.6) is 0 Å². The lowest BCUT2D eigenvalue weighted by atomic mass is 9.92. The summed E-state index contributed by atoms with van der Waals surface area (Å²) in [5.41, 5.74) is 10.3. The highest BCUT2D eigenvalue weighted by Crippen LogP contribution is 2.57. The van der Waals surface area contributed by atoms with Crippen molar-refractivity contribution in [2.24, 2.45) is 11.7 Å². The molecule has 2 aliphatic heterocycles. The van der Waals surface area contributed by atoms with Crippen molar-refractivity contribution in [3.05, 3.63) is 51.5 Å². The van der Waals surface area contributed by atoms with Gasteiger partial charge in [0.25, 0.3) is 5.56 Å². The van der Waals surface area contributed by atoms with Crippen molar-refractivity contribution in [1.29, 1.82) is 0 Å². The average molecular weight is 641 g/mol. The van der Waals surface area contributed by atoms with Gasteiger partial charge in [-0.05, 0) is 30.5 Å². The zero-order valence-electron chi connectivity index (χ0n) is 23.7. The number of nitrogens with one attached hydrogen (secondary N) is 1. The molecule has 0 bridgehead atoms. The number of H-pyrrole nitrogens is 1. The number of carbonyl (C=O) groups is 1. The summed E-state index contributed by atoms with van der Waals surface area (Å²) in [7, 11) is -4.11. The number of aromatic amines is 1. The molecular formula is C26H34ClN6O9P. The molecule has 0 saturated carbocycles. The number of fused-ring (bicyclic) bond motifs is 1. The van der Waals surface area contributed by atoms with Crippen LogP contribution in [0.4, 0.5) is 5.95 Å². The number of rotatable bonds is 9. The number of imidazole rings is 1. The van der Waals surface area contributed by atoms with Crippen LogP contribution in [0.15, 0.2) is 35.4 Å². The number of nitrogens with two attached hydrogens (primary N) is 2. The predicted molar refractivity (Wildman–Crippen MR) is 154 cm³/mol. The molecule has 0 radical (unpaired) electrons. The minimum Gasteiger partial charge on any atom is -0.455 e. The van der Waals surface area contributed by atoms with E-state index in [9.17, 15) is 19.3 Å². The molecule has 234 valence electrons. The van der Waals surface area contributed by atoms with Gasteiger partial charge in [-0.15, -0.1) is 0 Å². The van der Waals surface area contributed by atoms with Crippen LogP contribution in [0.3, 0.4) is 0 Å². The first-order valence-electron chi connectivity index (χ1n) is 13.6. The van der Waals surface area contributed by atoms with E-state index in [1.807, 2.05) is 0 Å². The van der Waals surface area contributed by atoms with Gasteiger partial charge in [-0.3, -0.25) is 28.1 Å². The normalized spacial score (nSPS) is 30.1. The summed E-state index contributed by atoms with van der Waals surface area (Å²) in [6.07, 6.45) is -2.30. The molecule has 0 aliphatic carbocycles. The summed E-state index contributed by atoms with van der Waals surface area (Å²) >= 11 is 6.11. The molecule has 2 saturated heterocycles. The molecule has 2 aliphatic rings. The van der Waals surface area contributed by atoms with Crippen LogP contribution in [0.2, 0.25) is 5.02 Å². The van der Waals surface area contributed by atoms with Gasteiger partial charge < -0.3 is 30.6 Å². The Morgan fingerprint density at radius 2 is 2.16 bits per heavy atom. The number of ether oxygens (including phenoxy) is 2. The summed E-state index contributed by atoms with van der Waals surface area (Å²) in [4.78, 5) is 35.7. The smallest absolute Gasteiger partial charge is 0.455 e. The molecule has 43 heavy (non-hydrogen) atoms. The highest BCUT2D eigenvalue weighted by Gasteiger charge is 2.56. The molecule has 0 unspecified atom stereocenters. The fourth-order valence-electron chi connectivity index (χ4n) is 4.97. The van der Waals surface area contributed by atoms with E-state index < -0.39 is 62.0 Å². The van der Waals surface area contributed by atoms with Crippen LogP contribution in [0.1, 0.15) is 38.9 Å². The first kappa shape index (κ1) is 31.5. The summed E-state index contributed by atoms with van der Waals surface area (Å²) < 4.78 is 43.6. The van der Waals surface area contributed by atoms with Gasteiger partial charge in [-0.25, -0.2) is 9.55 Å². The third-order valence-electron chi connectivity index (χ3n) is 7.50. The molecular weight excluding hydrogens is 607 g/mol. The van der Waals surface area contributed by atoms with Crippen molar-refractivity contribution < 1.29 is 37.5 Å². The van der Waals surface area contributed by atoms with Crippen LogP contribution >= 0.6 is 19.4 Å². The topological polar surface area (TPSA) is 216 Å². The number of halogens is 1. The van der Waals surface area contributed by atoms with Crippen LogP contribution in [0, 0.1) is 5.92 Å². The van der Waals surface area contributed by atoms with Gasteiger partial charge in [-0.1, -0.05) is 37.6 Å². The standard InChI is InChI=1S/C26H34ClN6O9P/c1-13(2)19(28)24(35)41-21-17(11-39-43(37)38-8-7-16(42-43)14-5-4-6-15(27)9-14)40-18(26(21,3)36)10-33-12-30-20-22(33)31-25(29)32-23(20)34/h4-6,9,12-13,16-19,21,36H,7-8,10-11,28H2,1-3H3,(H3,29,31,32,34)/t16-,17+,18-,19-,21+,26-,43+/m0/s1. The highest BCUT2D eigenvalue weighted by molar-refractivity contribution is 7.48. The Labute approximate surface area is 251 Å². The maximum absolute atomic E-state index is 13.5. The number of phosphoric ester groups is 1. The van der Waals surface area contributed by atoms with Gasteiger partial charge in [0.2, 0.25) is 5.95 Å². The van der Waals surface area contributed by atoms with Crippen molar-refractivity contribution in [3.63, 3.8) is 0 Å². The minimum absolute atomic E-state index is 0.0385. The molecule has 0 spiro atoms. The SMILES string of the molecule is CC(C)[C@H](N)C(=O)O[C@@H]1[C@@H](CO[P@@]2(=O)OCC[C@@H](c3cccc(Cl)c3)O2)O[C@@H](Cn2cnc3c(=O)[nH]c(N)nc32)[C@]1(C)O. The number of hydrogen-bond donors (Lipinski definition) is 4. The Hall–Kier alpha value is -2.88. The molecule has 5 rings (SSSR count). The Bertz CT molecular complexity index is 1600. The third kappa shape index (κ3) is 6.64. The monoisotopic (exact) mass is 640 g/mol. The van der Waals surface area contributed by atoms with E-state index in [0.717, 1.165) is 0 Å². The summed E-state index contributed by atoms with van der Waals surface area (Å²) in [6, 6.07) is 5.98. The summed E-state index contributed by atoms with van der Waals surface area (Å²) in [6.45, 7) is 4.52. The van der Waals surface area contributed by atoms with Crippen LogP contribution in [0.25, 0.3) is 11.2 Å². The van der Waals surface area contributed by atoms with Gasteiger partial charge >= 0.3 is 13.8 Å². The fraction of sp³-hybridized carbons (Fsp3) is 0.538. The number of esters is 1. The van der Waals surface area contributed by atoms with E-state index in [2.05, 4.69) is 15.0 Å². The molecule has 4 heterocycles. The van der Waals surface area contributed by atoms with E-state index in [-0.39, 0.29) is 36.2 Å². The number of nitrogens with zero attached hydrogens (tertiary/aromatic N) is 3. The maximum Gasteiger partial charge on any atom is 0.475 e. The molecule has 1 aromatic carbocycles. The van der Waals surface area contributed by atoms with Crippen molar-refractivity contribution in [2.45, 2.75) is 69.8 Å². The van der Waals surface area contributed by atoms with Crippen molar-refractivity contribution >= 4 is 42.5 Å². The Morgan fingerprint density at radius 1 is 1.40 bits per heavy atom. The zero-order valence-corrected chi connectivity index (χ0v) is 25.4. The molecule has 2 fully saturated rings. The Kier molecular flexibility index (Phi) is 8.99. The van der Waals surface area contributed by atoms with E-state index in [1.54, 1.807) is 38.1 Å². The minimum atomic E-state index is -4.11. The second-order valence-electron chi connectivity index (χ2n) is 11.1. The first-order chi connectivity index (χ1) is 20.3. The fourth-order valence-corrected chi connectivity index (χ4v) is 6.56. The number of hydrogen-bond acceptors (Lipinski definition) is 13. The molecule has 17 heteroatoms. The van der Waals surface area contributed by atoms with Crippen LogP contribution in [-0.4, -0.2) is 73.8 Å². The number of carbonyl (C=O) groups excluding carboxylic acids is 1. The highest BCUT2D eigenvalue weighted by atomic mass is 35.5. The largest absolute Gasteiger partial charge is 0.475 e. The second kappa shape index (κ2) is 12.3. The average Bonchev–Trinajstić information content (AvgIpc) is 3.45. The van der Waals surface area contributed by atoms with Gasteiger partial charge in [0.15, 0.2) is 17.3 Å². The molecule has 3 aromatic rings. The summed E-state index contributed by atoms with van der Waals surface area (Å²) in [5.74, 6) is -1.13. The van der Waals surface area contributed by atoms with Crippen molar-refractivity contribution in [2.75, 3.05) is 18.9 Å². The van der Waals surface area contributed by atoms with Gasteiger partial charge in [0.1, 0.15) is 23.9 Å². The quantitative estimate of drug-likeness (QED) is 0.195.